The maximum absolute atomic E-state index is 12.6. The average molecular weight is 623 g/mol. The number of hydrogen-bond donors (Lipinski definition) is 5. The third-order valence-corrected chi connectivity index (χ3v) is 8.75. The molecule has 10 heteroatoms. The van der Waals surface area contributed by atoms with Gasteiger partial charge in [-0.2, -0.15) is 0 Å². The monoisotopic (exact) mass is 622 g/mol. The quantitative estimate of drug-likeness (QED) is 0.0387. The fourth-order valence-corrected chi connectivity index (χ4v) is 5.88. The van der Waals surface area contributed by atoms with E-state index in [9.17, 15) is 24.5 Å². The first kappa shape index (κ1) is 41.5. The van der Waals surface area contributed by atoms with Crippen LogP contribution in [0.2, 0.25) is 0 Å². The van der Waals surface area contributed by atoms with Gasteiger partial charge in [0.2, 0.25) is 5.91 Å². The second-order valence-corrected chi connectivity index (χ2v) is 13.4. The summed E-state index contributed by atoms with van der Waals surface area (Å²) in [6.07, 6.45) is 23.0. The van der Waals surface area contributed by atoms with Crippen molar-refractivity contribution in [3.05, 3.63) is 0 Å². The third kappa shape index (κ3) is 27.0. The Kier molecular flexibility index (Phi) is 28.8. The van der Waals surface area contributed by atoms with Crippen LogP contribution in [0.3, 0.4) is 0 Å². The fraction of sp³-hybridized carbons (Fsp3) is 0.969. The van der Waals surface area contributed by atoms with Gasteiger partial charge in [0.25, 0.3) is 0 Å². The van der Waals surface area contributed by atoms with E-state index in [1.807, 2.05) is 0 Å². The number of hydrogen-bond acceptors (Lipinski definition) is 7. The highest BCUT2D eigenvalue weighted by Gasteiger charge is 2.28. The largest absolute Gasteiger partial charge is 0.472 e. The van der Waals surface area contributed by atoms with E-state index in [0.717, 1.165) is 38.5 Å². The first-order valence-electron chi connectivity index (χ1n) is 17.2. The molecule has 4 atom stereocenters. The van der Waals surface area contributed by atoms with E-state index in [-0.39, 0.29) is 26.2 Å². The van der Waals surface area contributed by atoms with Gasteiger partial charge in [0, 0.05) is 6.54 Å². The van der Waals surface area contributed by atoms with Gasteiger partial charge in [0.15, 0.2) is 0 Å². The molecule has 0 aliphatic rings. The molecule has 6 N–H and O–H groups in total. The highest BCUT2D eigenvalue weighted by molar-refractivity contribution is 7.47. The maximum atomic E-state index is 12.6. The van der Waals surface area contributed by atoms with Crippen molar-refractivity contribution in [1.29, 1.82) is 0 Å². The topological polar surface area (TPSA) is 151 Å². The summed E-state index contributed by atoms with van der Waals surface area (Å²) in [4.78, 5) is 22.5. The first-order chi connectivity index (χ1) is 20.3. The minimum Gasteiger partial charge on any atom is -0.393 e. The maximum Gasteiger partial charge on any atom is 0.472 e. The van der Waals surface area contributed by atoms with Crippen molar-refractivity contribution >= 4 is 13.7 Å². The fourth-order valence-electron chi connectivity index (χ4n) is 5.12. The van der Waals surface area contributed by atoms with Gasteiger partial charge < -0.3 is 26.2 Å². The van der Waals surface area contributed by atoms with Crippen LogP contribution in [-0.4, -0.2) is 59.0 Å². The Bertz CT molecular complexity index is 656. The van der Waals surface area contributed by atoms with Gasteiger partial charge in [0.05, 0.1) is 37.9 Å². The molecular formula is C32H67N2O7P. The summed E-state index contributed by atoms with van der Waals surface area (Å²) in [6.45, 7) is 3.98. The SMILES string of the molecule is CCCCCCCCCCCCCCCC(O)C(COP(=O)(O)OCCN)NC(=O)CC(O)CCCCCCCCC. The summed E-state index contributed by atoms with van der Waals surface area (Å²) in [5.41, 5.74) is 5.33. The number of unbranched alkanes of at least 4 members (excludes halogenated alkanes) is 18. The van der Waals surface area contributed by atoms with E-state index in [1.54, 1.807) is 0 Å². The molecule has 0 fully saturated rings. The van der Waals surface area contributed by atoms with Gasteiger partial charge in [-0.05, 0) is 12.8 Å². The second kappa shape index (κ2) is 29.2. The van der Waals surface area contributed by atoms with Crippen molar-refractivity contribution in [2.45, 2.75) is 180 Å². The van der Waals surface area contributed by atoms with Crippen LogP contribution in [0.4, 0.5) is 0 Å². The lowest BCUT2D eigenvalue weighted by Gasteiger charge is -2.25. The highest BCUT2D eigenvalue weighted by Crippen LogP contribution is 2.43. The molecule has 0 aromatic heterocycles. The van der Waals surface area contributed by atoms with E-state index >= 15 is 0 Å². The normalized spacial score (nSPS) is 15.3. The summed E-state index contributed by atoms with van der Waals surface area (Å²) in [6, 6.07) is -0.887. The Morgan fingerprint density at radius 3 is 1.60 bits per heavy atom. The van der Waals surface area contributed by atoms with Crippen molar-refractivity contribution < 1.29 is 33.5 Å². The van der Waals surface area contributed by atoms with Crippen molar-refractivity contribution in [2.24, 2.45) is 5.73 Å². The van der Waals surface area contributed by atoms with Crippen molar-refractivity contribution in [2.75, 3.05) is 19.8 Å². The number of aliphatic hydroxyl groups is 2. The zero-order valence-electron chi connectivity index (χ0n) is 27.1. The smallest absolute Gasteiger partial charge is 0.393 e. The second-order valence-electron chi connectivity index (χ2n) is 11.9. The number of amides is 1. The minimum atomic E-state index is -4.35. The van der Waals surface area contributed by atoms with E-state index in [4.69, 9.17) is 14.8 Å². The van der Waals surface area contributed by atoms with Crippen LogP contribution in [-0.2, 0) is 18.4 Å². The standard InChI is InChI=1S/C32H67N2O7P/c1-3-5-7-9-11-12-13-14-15-16-18-20-22-24-31(36)30(28-41-42(38,39)40-26-25-33)34-32(37)27-29(35)23-21-19-17-10-8-6-4-2/h29-31,35-36H,3-28,33H2,1-2H3,(H,34,37)(H,38,39). The minimum absolute atomic E-state index is 0.0619. The number of carbonyl (C=O) groups excluding carboxylic acids is 1. The number of carbonyl (C=O) groups is 1. The molecule has 9 nitrogen and oxygen atoms in total. The van der Waals surface area contributed by atoms with Crippen LogP contribution in [0.5, 0.6) is 0 Å². The molecule has 0 radical (unpaired) electrons. The summed E-state index contributed by atoms with van der Waals surface area (Å²) >= 11 is 0. The van der Waals surface area contributed by atoms with Crippen LogP contribution in [0.15, 0.2) is 0 Å². The molecule has 1 amide bonds. The highest BCUT2D eigenvalue weighted by atomic mass is 31.2. The van der Waals surface area contributed by atoms with E-state index in [2.05, 4.69) is 19.2 Å². The Balaban J connectivity index is 4.42. The number of rotatable bonds is 32. The van der Waals surface area contributed by atoms with Crippen LogP contribution in [0.1, 0.15) is 162 Å². The molecule has 252 valence electrons. The van der Waals surface area contributed by atoms with Crippen LogP contribution in [0.25, 0.3) is 0 Å². The van der Waals surface area contributed by atoms with Gasteiger partial charge in [-0.1, -0.05) is 142 Å². The Hall–Kier alpha value is -0.540. The molecule has 0 aromatic rings. The molecule has 0 spiro atoms. The van der Waals surface area contributed by atoms with Crippen molar-refractivity contribution in [3.8, 4) is 0 Å². The number of aliphatic hydroxyl groups excluding tert-OH is 2. The zero-order valence-corrected chi connectivity index (χ0v) is 28.0. The third-order valence-electron chi connectivity index (χ3n) is 7.77. The molecule has 0 bridgehead atoms. The molecule has 0 saturated carbocycles. The molecule has 0 aromatic carbocycles. The number of nitrogens with two attached hydrogens (primary N) is 1. The Morgan fingerprint density at radius 2 is 1.14 bits per heavy atom. The first-order valence-corrected chi connectivity index (χ1v) is 18.7. The summed E-state index contributed by atoms with van der Waals surface area (Å²) in [5.74, 6) is -0.417. The molecule has 0 heterocycles. The molecule has 0 saturated heterocycles. The molecule has 4 unspecified atom stereocenters. The van der Waals surface area contributed by atoms with Gasteiger partial charge in [-0.3, -0.25) is 13.8 Å². The van der Waals surface area contributed by atoms with Crippen molar-refractivity contribution in [1.82, 2.24) is 5.32 Å². The molecule has 0 aliphatic heterocycles. The average Bonchev–Trinajstić information content (AvgIpc) is 2.96. The summed E-state index contributed by atoms with van der Waals surface area (Å²) in [7, 11) is -4.35. The molecular weight excluding hydrogens is 555 g/mol. The van der Waals surface area contributed by atoms with E-state index in [1.165, 1.54) is 89.9 Å². The molecule has 0 aliphatic carbocycles. The van der Waals surface area contributed by atoms with Gasteiger partial charge in [0.1, 0.15) is 0 Å². The lowest BCUT2D eigenvalue weighted by Crippen LogP contribution is -2.47. The van der Waals surface area contributed by atoms with Crippen LogP contribution in [0, 0.1) is 0 Å². The van der Waals surface area contributed by atoms with Crippen LogP contribution < -0.4 is 11.1 Å². The predicted octanol–water partition coefficient (Wildman–Crippen LogP) is 7.30. The van der Waals surface area contributed by atoms with Crippen molar-refractivity contribution in [3.63, 3.8) is 0 Å². The van der Waals surface area contributed by atoms with Gasteiger partial charge in [-0.15, -0.1) is 0 Å². The summed E-state index contributed by atoms with van der Waals surface area (Å²) < 4.78 is 21.9. The number of nitrogens with one attached hydrogen (secondary N) is 1. The zero-order chi connectivity index (χ0) is 31.3. The van der Waals surface area contributed by atoms with E-state index in [0.29, 0.717) is 12.8 Å². The lowest BCUT2D eigenvalue weighted by atomic mass is 10.0. The summed E-state index contributed by atoms with van der Waals surface area (Å²) in [5, 5.41) is 23.9. The van der Waals surface area contributed by atoms with Gasteiger partial charge >= 0.3 is 7.82 Å². The van der Waals surface area contributed by atoms with Crippen LogP contribution >= 0.6 is 7.82 Å². The number of phosphoric ester groups is 1. The Labute approximate surface area is 257 Å². The molecule has 0 rings (SSSR count). The number of phosphoric acid groups is 1. The lowest BCUT2D eigenvalue weighted by molar-refractivity contribution is -0.125. The van der Waals surface area contributed by atoms with E-state index < -0.39 is 32.0 Å². The Morgan fingerprint density at radius 1 is 0.714 bits per heavy atom. The predicted molar refractivity (Wildman–Crippen MR) is 172 cm³/mol. The molecule has 42 heavy (non-hydrogen) atoms. The van der Waals surface area contributed by atoms with Gasteiger partial charge in [-0.25, -0.2) is 4.57 Å².